The fraction of sp³-hybridized carbons (Fsp3) is 0.133. The van der Waals surface area contributed by atoms with E-state index in [9.17, 15) is 14.1 Å². The van der Waals surface area contributed by atoms with Gasteiger partial charge < -0.3 is 5.11 Å². The van der Waals surface area contributed by atoms with E-state index < -0.39 is 22.0 Å². The molecule has 0 aliphatic rings. The van der Waals surface area contributed by atoms with Crippen LogP contribution in [0.5, 0.6) is 0 Å². The van der Waals surface area contributed by atoms with Crippen molar-refractivity contribution in [2.24, 2.45) is 0 Å². The molecule has 2 rings (SSSR count). The number of rotatable bonds is 5. The Kier molecular flexibility index (Phi) is 4.93. The van der Waals surface area contributed by atoms with Gasteiger partial charge in [0.1, 0.15) is 0 Å². The largest absolute Gasteiger partial charge is 0.480 e. The average molecular weight is 309 g/mol. The first-order valence-corrected chi connectivity index (χ1v) is 7.74. The molecule has 0 amide bonds. The molecule has 1 N–H and O–H groups in total. The van der Waals surface area contributed by atoms with Crippen molar-refractivity contribution in [3.05, 3.63) is 70.7 Å². The van der Waals surface area contributed by atoms with E-state index in [1.807, 2.05) is 0 Å². The molecule has 0 radical (unpaired) electrons. The molecule has 2 aromatic rings. The van der Waals surface area contributed by atoms with Crippen molar-refractivity contribution < 1.29 is 14.1 Å². The summed E-state index contributed by atoms with van der Waals surface area (Å²) in [6.45, 7) is 0. The zero-order valence-electron chi connectivity index (χ0n) is 10.5. The van der Waals surface area contributed by atoms with E-state index in [4.69, 9.17) is 11.6 Å². The SMILES string of the molecule is O=C(O)C(c1ccccc1)S(=O)Cc1ccccc1Cl. The number of aliphatic carboxylic acids is 1. The zero-order chi connectivity index (χ0) is 14.5. The molecule has 0 aromatic heterocycles. The predicted molar refractivity (Wildman–Crippen MR) is 80.1 cm³/mol. The molecule has 0 saturated carbocycles. The predicted octanol–water partition coefficient (Wildman–Crippen LogP) is 3.41. The van der Waals surface area contributed by atoms with Crippen LogP contribution in [0.25, 0.3) is 0 Å². The van der Waals surface area contributed by atoms with E-state index in [0.29, 0.717) is 16.1 Å². The van der Waals surface area contributed by atoms with Gasteiger partial charge in [0, 0.05) is 15.8 Å². The fourth-order valence-electron chi connectivity index (χ4n) is 1.89. The number of benzene rings is 2. The quantitative estimate of drug-likeness (QED) is 0.921. The zero-order valence-corrected chi connectivity index (χ0v) is 12.1. The summed E-state index contributed by atoms with van der Waals surface area (Å²) in [5.74, 6) is -0.979. The minimum atomic E-state index is -1.58. The first kappa shape index (κ1) is 14.8. The summed E-state index contributed by atoms with van der Waals surface area (Å²) in [5.41, 5.74) is 1.22. The molecule has 0 spiro atoms. The number of halogens is 1. The van der Waals surface area contributed by atoms with Gasteiger partial charge in [-0.25, -0.2) is 0 Å². The number of carboxylic acid groups (broad SMARTS) is 1. The summed E-state index contributed by atoms with van der Waals surface area (Å²) in [6.07, 6.45) is 0. The van der Waals surface area contributed by atoms with Crippen molar-refractivity contribution >= 4 is 28.4 Å². The van der Waals surface area contributed by atoms with Crippen LogP contribution in [0.2, 0.25) is 5.02 Å². The van der Waals surface area contributed by atoms with Crippen molar-refractivity contribution in [2.75, 3.05) is 0 Å². The molecule has 0 bridgehead atoms. The van der Waals surface area contributed by atoms with E-state index in [1.54, 1.807) is 54.6 Å². The molecule has 2 unspecified atom stereocenters. The van der Waals surface area contributed by atoms with Crippen LogP contribution in [0.15, 0.2) is 54.6 Å². The molecule has 0 aliphatic carbocycles. The number of hydrogen-bond donors (Lipinski definition) is 1. The molecule has 0 saturated heterocycles. The molecule has 2 aromatic carbocycles. The molecular weight excluding hydrogens is 296 g/mol. The second kappa shape index (κ2) is 6.68. The van der Waals surface area contributed by atoms with Gasteiger partial charge in [0.15, 0.2) is 5.25 Å². The molecule has 0 aliphatic heterocycles. The molecule has 5 heteroatoms. The van der Waals surface area contributed by atoms with Crippen LogP contribution in [-0.2, 0) is 21.3 Å². The Balaban J connectivity index is 2.25. The lowest BCUT2D eigenvalue weighted by molar-refractivity contribution is -0.136. The Morgan fingerprint density at radius 3 is 2.30 bits per heavy atom. The molecule has 3 nitrogen and oxygen atoms in total. The normalized spacial score (nSPS) is 13.7. The van der Waals surface area contributed by atoms with E-state index >= 15 is 0 Å². The van der Waals surface area contributed by atoms with Crippen LogP contribution in [0.4, 0.5) is 0 Å². The summed E-state index contributed by atoms with van der Waals surface area (Å²) in [6, 6.07) is 15.6. The van der Waals surface area contributed by atoms with Crippen molar-refractivity contribution in [1.29, 1.82) is 0 Å². The Morgan fingerprint density at radius 2 is 1.70 bits per heavy atom. The number of hydrogen-bond acceptors (Lipinski definition) is 2. The highest BCUT2D eigenvalue weighted by Gasteiger charge is 2.26. The Hall–Kier alpha value is -1.65. The molecule has 20 heavy (non-hydrogen) atoms. The van der Waals surface area contributed by atoms with Gasteiger partial charge in [0.2, 0.25) is 0 Å². The second-order valence-corrected chi connectivity index (χ2v) is 6.17. The molecule has 0 heterocycles. The lowest BCUT2D eigenvalue weighted by atomic mass is 10.1. The van der Waals surface area contributed by atoms with Crippen molar-refractivity contribution in [3.63, 3.8) is 0 Å². The topological polar surface area (TPSA) is 54.4 Å². The van der Waals surface area contributed by atoms with Crippen LogP contribution >= 0.6 is 11.6 Å². The highest BCUT2D eigenvalue weighted by molar-refractivity contribution is 7.85. The lowest BCUT2D eigenvalue weighted by Gasteiger charge is -2.13. The van der Waals surface area contributed by atoms with E-state index in [2.05, 4.69) is 0 Å². The maximum absolute atomic E-state index is 12.4. The third-order valence-corrected chi connectivity index (χ3v) is 4.81. The maximum Gasteiger partial charge on any atom is 0.323 e. The summed E-state index contributed by atoms with van der Waals surface area (Å²) in [7, 11) is -1.58. The van der Waals surface area contributed by atoms with Crippen molar-refractivity contribution in [2.45, 2.75) is 11.0 Å². The summed E-state index contributed by atoms with van der Waals surface area (Å²) >= 11 is 6.02. The number of carbonyl (C=O) groups is 1. The monoisotopic (exact) mass is 308 g/mol. The van der Waals surface area contributed by atoms with Gasteiger partial charge >= 0.3 is 5.97 Å². The maximum atomic E-state index is 12.4. The van der Waals surface area contributed by atoms with Gasteiger partial charge in [0.05, 0.1) is 5.75 Å². The first-order valence-electron chi connectivity index (χ1n) is 5.98. The Labute approximate surface area is 124 Å². The molecule has 2 atom stereocenters. The van der Waals surface area contributed by atoms with Crippen LogP contribution in [0, 0.1) is 0 Å². The van der Waals surface area contributed by atoms with Crippen LogP contribution in [0.3, 0.4) is 0 Å². The second-order valence-electron chi connectivity index (χ2n) is 4.25. The summed E-state index contributed by atoms with van der Waals surface area (Å²) in [5, 5.41) is 8.77. The van der Waals surface area contributed by atoms with E-state index in [0.717, 1.165) is 0 Å². The van der Waals surface area contributed by atoms with Gasteiger partial charge in [-0.2, -0.15) is 0 Å². The average Bonchev–Trinajstić information content (AvgIpc) is 2.42. The summed E-state index contributed by atoms with van der Waals surface area (Å²) in [4.78, 5) is 11.4. The standard InChI is InChI=1S/C15H13ClO3S/c16-13-9-5-4-8-12(13)10-20(19)14(15(17)18)11-6-2-1-3-7-11/h1-9,14H,10H2,(H,17,18). The molecular formula is C15H13ClO3S. The molecule has 0 fully saturated rings. The van der Waals surface area contributed by atoms with Crippen molar-refractivity contribution in [3.8, 4) is 0 Å². The number of carboxylic acids is 1. The van der Waals surface area contributed by atoms with Gasteiger partial charge in [-0.1, -0.05) is 60.1 Å². The van der Waals surface area contributed by atoms with Gasteiger partial charge in [0.25, 0.3) is 0 Å². The smallest absolute Gasteiger partial charge is 0.323 e. The first-order chi connectivity index (χ1) is 9.59. The van der Waals surface area contributed by atoms with Crippen molar-refractivity contribution in [1.82, 2.24) is 0 Å². The molecule has 104 valence electrons. The van der Waals surface area contributed by atoms with Gasteiger partial charge in [-0.3, -0.25) is 9.00 Å². The third-order valence-electron chi connectivity index (χ3n) is 2.85. The van der Waals surface area contributed by atoms with E-state index in [1.165, 1.54) is 0 Å². The Bertz CT molecular complexity index is 628. The van der Waals surface area contributed by atoms with Crippen LogP contribution in [0.1, 0.15) is 16.4 Å². The van der Waals surface area contributed by atoms with Gasteiger partial charge in [-0.05, 0) is 17.2 Å². The fourth-order valence-corrected chi connectivity index (χ4v) is 3.58. The summed E-state index contributed by atoms with van der Waals surface area (Å²) < 4.78 is 12.4. The van der Waals surface area contributed by atoms with Crippen LogP contribution < -0.4 is 0 Å². The van der Waals surface area contributed by atoms with Gasteiger partial charge in [-0.15, -0.1) is 0 Å². The highest BCUT2D eigenvalue weighted by Crippen LogP contribution is 2.25. The van der Waals surface area contributed by atoms with E-state index in [-0.39, 0.29) is 5.75 Å². The highest BCUT2D eigenvalue weighted by atomic mass is 35.5. The Morgan fingerprint density at radius 1 is 1.10 bits per heavy atom. The minimum absolute atomic E-state index is 0.117. The third kappa shape index (κ3) is 3.46. The lowest BCUT2D eigenvalue weighted by Crippen LogP contribution is -2.18. The minimum Gasteiger partial charge on any atom is -0.480 e. The van der Waals surface area contributed by atoms with Crippen LogP contribution in [-0.4, -0.2) is 15.3 Å².